The smallest absolute Gasteiger partial charge is 0.244 e. The molecule has 1 atom stereocenters. The third-order valence-corrected chi connectivity index (χ3v) is 6.67. The summed E-state index contributed by atoms with van der Waals surface area (Å²) in [6, 6.07) is 15.2. The lowest BCUT2D eigenvalue weighted by Crippen LogP contribution is -2.46. The summed E-state index contributed by atoms with van der Waals surface area (Å²) in [6.45, 7) is 3.34. The van der Waals surface area contributed by atoms with Crippen LogP contribution in [0.5, 0.6) is 11.5 Å². The second kappa shape index (κ2) is 9.20. The lowest BCUT2D eigenvalue weighted by molar-refractivity contribution is -0.137. The van der Waals surface area contributed by atoms with E-state index in [1.165, 1.54) is 0 Å². The number of ether oxygens (including phenoxy) is 2. The summed E-state index contributed by atoms with van der Waals surface area (Å²) >= 11 is 0. The fraction of sp³-hybridized carbons (Fsp3) is 0.440. The van der Waals surface area contributed by atoms with Crippen LogP contribution < -0.4 is 14.8 Å². The maximum absolute atomic E-state index is 13.4. The Kier molecular flexibility index (Phi) is 5.99. The van der Waals surface area contributed by atoms with E-state index in [9.17, 15) is 9.59 Å². The number of carbonyl (C=O) groups excluding carboxylic acids is 2. The lowest BCUT2D eigenvalue weighted by atomic mass is 9.93. The molecule has 5 rings (SSSR count). The van der Waals surface area contributed by atoms with Gasteiger partial charge in [0.05, 0.1) is 0 Å². The first-order valence-corrected chi connectivity index (χ1v) is 11.5. The van der Waals surface area contributed by atoms with E-state index in [-0.39, 0.29) is 30.6 Å². The standard InChI is InChI=1S/C25H29N3O4/c29-24(26-20-8-9-21-22(16-20)32-17-31-21)19-10-14-27(15-11-19)23(18-6-2-1-3-7-18)25(30)28-12-4-5-13-28/h1-3,6-9,16,19,23H,4-5,10-15,17H2,(H,26,29)/t23-/m1/s1. The Morgan fingerprint density at radius 1 is 0.906 bits per heavy atom. The molecular weight excluding hydrogens is 406 g/mol. The van der Waals surface area contributed by atoms with Gasteiger partial charge in [0, 0.05) is 30.8 Å². The van der Waals surface area contributed by atoms with Crippen LogP contribution in [-0.2, 0) is 9.59 Å². The summed E-state index contributed by atoms with van der Waals surface area (Å²) in [7, 11) is 0. The topological polar surface area (TPSA) is 71.1 Å². The van der Waals surface area contributed by atoms with Gasteiger partial charge in [0.1, 0.15) is 6.04 Å². The molecule has 0 saturated carbocycles. The third kappa shape index (κ3) is 4.30. The summed E-state index contributed by atoms with van der Waals surface area (Å²) in [5.41, 5.74) is 1.75. The SMILES string of the molecule is O=C(Nc1ccc2c(c1)OCO2)C1CCN([C@@H](C(=O)N2CCCC2)c2ccccc2)CC1. The van der Waals surface area contributed by atoms with Crippen LogP contribution >= 0.6 is 0 Å². The first-order valence-electron chi connectivity index (χ1n) is 11.5. The van der Waals surface area contributed by atoms with Crippen LogP contribution in [0.3, 0.4) is 0 Å². The zero-order chi connectivity index (χ0) is 21.9. The van der Waals surface area contributed by atoms with E-state index < -0.39 is 0 Å². The summed E-state index contributed by atoms with van der Waals surface area (Å²) in [6.07, 6.45) is 3.62. The van der Waals surface area contributed by atoms with Gasteiger partial charge in [-0.05, 0) is 56.5 Å². The molecule has 3 aliphatic rings. The van der Waals surface area contributed by atoms with Crippen molar-refractivity contribution in [2.75, 3.05) is 38.3 Å². The highest BCUT2D eigenvalue weighted by molar-refractivity contribution is 5.93. The Labute approximate surface area is 188 Å². The number of piperidine rings is 1. The Balaban J connectivity index is 1.23. The molecule has 7 nitrogen and oxygen atoms in total. The molecule has 3 heterocycles. The normalized spacial score (nSPS) is 19.7. The van der Waals surface area contributed by atoms with Crippen molar-refractivity contribution in [2.45, 2.75) is 31.7 Å². The highest BCUT2D eigenvalue weighted by atomic mass is 16.7. The highest BCUT2D eigenvalue weighted by Crippen LogP contribution is 2.35. The van der Waals surface area contributed by atoms with Crippen molar-refractivity contribution in [1.82, 2.24) is 9.80 Å². The lowest BCUT2D eigenvalue weighted by Gasteiger charge is -2.38. The molecule has 168 valence electrons. The van der Waals surface area contributed by atoms with Crippen molar-refractivity contribution in [2.24, 2.45) is 5.92 Å². The summed E-state index contributed by atoms with van der Waals surface area (Å²) in [4.78, 5) is 30.5. The average molecular weight is 436 g/mol. The van der Waals surface area contributed by atoms with Crippen molar-refractivity contribution in [1.29, 1.82) is 0 Å². The first-order chi connectivity index (χ1) is 15.7. The van der Waals surface area contributed by atoms with Crippen molar-refractivity contribution < 1.29 is 19.1 Å². The minimum Gasteiger partial charge on any atom is -0.454 e. The predicted octanol–water partition coefficient (Wildman–Crippen LogP) is 3.43. The van der Waals surface area contributed by atoms with Gasteiger partial charge in [0.2, 0.25) is 18.6 Å². The minimum absolute atomic E-state index is 0.0191. The summed E-state index contributed by atoms with van der Waals surface area (Å²) in [5.74, 6) is 1.49. The van der Waals surface area contributed by atoms with Gasteiger partial charge >= 0.3 is 0 Å². The number of hydrogen-bond donors (Lipinski definition) is 1. The van der Waals surface area contributed by atoms with E-state index in [0.29, 0.717) is 17.2 Å². The van der Waals surface area contributed by atoms with E-state index >= 15 is 0 Å². The van der Waals surface area contributed by atoms with Gasteiger partial charge in [-0.15, -0.1) is 0 Å². The Bertz CT molecular complexity index is 966. The second-order valence-electron chi connectivity index (χ2n) is 8.71. The molecule has 3 aliphatic heterocycles. The maximum atomic E-state index is 13.4. The van der Waals surface area contributed by atoms with E-state index in [4.69, 9.17) is 9.47 Å². The molecule has 2 aromatic rings. The van der Waals surface area contributed by atoms with Crippen molar-refractivity contribution in [3.05, 3.63) is 54.1 Å². The van der Waals surface area contributed by atoms with Gasteiger partial charge in [0.25, 0.3) is 0 Å². The minimum atomic E-state index is -0.271. The molecule has 2 saturated heterocycles. The third-order valence-electron chi connectivity index (χ3n) is 6.67. The van der Waals surface area contributed by atoms with E-state index in [1.54, 1.807) is 6.07 Å². The van der Waals surface area contributed by atoms with E-state index in [2.05, 4.69) is 10.2 Å². The van der Waals surface area contributed by atoms with Gasteiger partial charge in [-0.3, -0.25) is 14.5 Å². The van der Waals surface area contributed by atoms with Crippen LogP contribution in [0.15, 0.2) is 48.5 Å². The van der Waals surface area contributed by atoms with Gasteiger partial charge < -0.3 is 19.7 Å². The van der Waals surface area contributed by atoms with Crippen LogP contribution in [0.1, 0.15) is 37.3 Å². The first kappa shape index (κ1) is 20.8. The number of hydrogen-bond acceptors (Lipinski definition) is 5. The van der Waals surface area contributed by atoms with E-state index in [0.717, 1.165) is 57.4 Å². The summed E-state index contributed by atoms with van der Waals surface area (Å²) in [5, 5.41) is 3.02. The second-order valence-corrected chi connectivity index (χ2v) is 8.71. The molecule has 0 aliphatic carbocycles. The molecule has 0 unspecified atom stereocenters. The van der Waals surface area contributed by atoms with Crippen LogP contribution in [0, 0.1) is 5.92 Å². The predicted molar refractivity (Wildman–Crippen MR) is 120 cm³/mol. The van der Waals surface area contributed by atoms with Gasteiger partial charge in [-0.1, -0.05) is 30.3 Å². The maximum Gasteiger partial charge on any atom is 0.244 e. The molecule has 2 fully saturated rings. The van der Waals surface area contributed by atoms with Gasteiger partial charge in [0.15, 0.2) is 11.5 Å². The monoisotopic (exact) mass is 435 g/mol. The molecule has 7 heteroatoms. The highest BCUT2D eigenvalue weighted by Gasteiger charge is 2.36. The van der Waals surface area contributed by atoms with Gasteiger partial charge in [-0.25, -0.2) is 0 Å². The number of carbonyl (C=O) groups is 2. The molecule has 0 radical (unpaired) electrons. The number of nitrogens with zero attached hydrogens (tertiary/aromatic N) is 2. The molecule has 2 aromatic carbocycles. The Morgan fingerprint density at radius 3 is 2.38 bits per heavy atom. The molecule has 0 aromatic heterocycles. The van der Waals surface area contributed by atoms with Crippen molar-refractivity contribution in [3.8, 4) is 11.5 Å². The quantitative estimate of drug-likeness (QED) is 0.779. The molecule has 2 amide bonds. The van der Waals surface area contributed by atoms with Crippen molar-refractivity contribution >= 4 is 17.5 Å². The van der Waals surface area contributed by atoms with Crippen LogP contribution in [0.4, 0.5) is 5.69 Å². The average Bonchev–Trinajstić information content (AvgIpc) is 3.52. The van der Waals surface area contributed by atoms with Crippen molar-refractivity contribution in [3.63, 3.8) is 0 Å². The zero-order valence-electron chi connectivity index (χ0n) is 18.2. The number of anilines is 1. The fourth-order valence-electron chi connectivity index (χ4n) is 4.89. The molecule has 0 spiro atoms. The molecule has 0 bridgehead atoms. The molecular formula is C25H29N3O4. The Morgan fingerprint density at radius 2 is 1.62 bits per heavy atom. The molecule has 32 heavy (non-hydrogen) atoms. The van der Waals surface area contributed by atoms with Gasteiger partial charge in [-0.2, -0.15) is 0 Å². The van der Waals surface area contributed by atoms with Crippen LogP contribution in [0.25, 0.3) is 0 Å². The number of nitrogens with one attached hydrogen (secondary N) is 1. The fourth-order valence-corrected chi connectivity index (χ4v) is 4.89. The van der Waals surface area contributed by atoms with E-state index in [1.807, 2.05) is 47.4 Å². The number of benzene rings is 2. The van der Waals surface area contributed by atoms with Crippen LogP contribution in [-0.4, -0.2) is 54.6 Å². The number of likely N-dealkylation sites (tertiary alicyclic amines) is 2. The molecule has 1 N–H and O–H groups in total. The van der Waals surface area contributed by atoms with Crippen LogP contribution in [0.2, 0.25) is 0 Å². The Hall–Kier alpha value is -3.06. The largest absolute Gasteiger partial charge is 0.454 e. The summed E-state index contributed by atoms with van der Waals surface area (Å²) < 4.78 is 10.7. The number of rotatable bonds is 5. The number of amides is 2. The zero-order valence-corrected chi connectivity index (χ0v) is 18.2. The number of fused-ring (bicyclic) bond motifs is 1.